The first-order valence-corrected chi connectivity index (χ1v) is 11.6. The van der Waals surface area contributed by atoms with Crippen LogP contribution < -0.4 is 16.8 Å². The quantitative estimate of drug-likeness (QED) is 0.198. The van der Waals surface area contributed by atoms with E-state index in [1.165, 1.54) is 11.3 Å². The van der Waals surface area contributed by atoms with Crippen LogP contribution >= 0.6 is 11.3 Å². The van der Waals surface area contributed by atoms with E-state index in [0.29, 0.717) is 25.9 Å². The number of amides is 2. The minimum Gasteiger partial charge on any atom is -0.370 e. The van der Waals surface area contributed by atoms with Gasteiger partial charge >= 0.3 is 0 Å². The summed E-state index contributed by atoms with van der Waals surface area (Å²) in [5.41, 5.74) is 12.9. The summed E-state index contributed by atoms with van der Waals surface area (Å²) in [4.78, 5) is 29.2. The van der Waals surface area contributed by atoms with E-state index in [1.54, 1.807) is 4.90 Å². The van der Waals surface area contributed by atoms with Gasteiger partial charge in [-0.3, -0.25) is 15.0 Å². The second kappa shape index (κ2) is 11.8. The second-order valence-electron chi connectivity index (χ2n) is 7.70. The van der Waals surface area contributed by atoms with Gasteiger partial charge in [0.1, 0.15) is 6.04 Å². The number of nitrogens with zero attached hydrogens (tertiary/aromatic N) is 1. The zero-order valence-corrected chi connectivity index (χ0v) is 19.1. The van der Waals surface area contributed by atoms with Crippen molar-refractivity contribution in [3.05, 3.63) is 94.2 Å². The summed E-state index contributed by atoms with van der Waals surface area (Å²) >= 11 is 1.53. The van der Waals surface area contributed by atoms with Gasteiger partial charge in [0, 0.05) is 11.4 Å². The Morgan fingerprint density at radius 2 is 1.55 bits per heavy atom. The number of benzene rings is 2. The summed E-state index contributed by atoms with van der Waals surface area (Å²) in [6.07, 6.45) is 0.895. The van der Waals surface area contributed by atoms with Crippen molar-refractivity contribution in [1.29, 1.82) is 5.41 Å². The lowest BCUT2D eigenvalue weighted by atomic mass is 9.89. The Hall–Kier alpha value is -3.65. The van der Waals surface area contributed by atoms with E-state index < -0.39 is 17.9 Å². The maximum Gasteiger partial charge on any atom is 0.240 e. The van der Waals surface area contributed by atoms with Gasteiger partial charge in [0.05, 0.1) is 12.5 Å². The first-order valence-electron chi connectivity index (χ1n) is 10.8. The van der Waals surface area contributed by atoms with Crippen LogP contribution in [-0.4, -0.2) is 35.3 Å². The Balaban J connectivity index is 1.96. The molecule has 0 saturated carbocycles. The van der Waals surface area contributed by atoms with Crippen molar-refractivity contribution in [1.82, 2.24) is 10.2 Å². The van der Waals surface area contributed by atoms with Crippen LogP contribution in [0.2, 0.25) is 0 Å². The van der Waals surface area contributed by atoms with E-state index >= 15 is 0 Å². The van der Waals surface area contributed by atoms with Crippen LogP contribution in [0.25, 0.3) is 0 Å². The summed E-state index contributed by atoms with van der Waals surface area (Å²) in [7, 11) is 0. The van der Waals surface area contributed by atoms with Crippen molar-refractivity contribution in [3.63, 3.8) is 0 Å². The highest BCUT2D eigenvalue weighted by Gasteiger charge is 2.34. The number of hydrogen-bond donors (Lipinski definition) is 4. The Morgan fingerprint density at radius 3 is 2.03 bits per heavy atom. The molecule has 0 aliphatic carbocycles. The second-order valence-corrected chi connectivity index (χ2v) is 8.73. The lowest BCUT2D eigenvalue weighted by Crippen LogP contribution is -2.49. The third-order valence-electron chi connectivity index (χ3n) is 5.38. The number of carbonyl (C=O) groups excluding carboxylic acids is 2. The topological polar surface area (TPSA) is 125 Å². The standard InChI is InChI=1S/C25H29N5O2S/c26-23(31)21(14-7-15-29-25(27)28)30(17-20-13-8-16-33-20)24(32)22(18-9-3-1-4-10-18)19-11-5-2-6-12-19/h1-6,8-13,16,21-22H,7,14-15,17H2,(H2,26,31)(H4,27,28,29)/t21-/m1/s1. The molecule has 2 amide bonds. The number of primary amides is 1. The molecule has 0 fully saturated rings. The molecule has 0 aliphatic heterocycles. The molecule has 3 aromatic rings. The van der Waals surface area contributed by atoms with Crippen LogP contribution in [0.3, 0.4) is 0 Å². The highest BCUT2D eigenvalue weighted by atomic mass is 32.1. The molecule has 0 saturated heterocycles. The van der Waals surface area contributed by atoms with Gasteiger partial charge in [0.25, 0.3) is 0 Å². The normalized spacial score (nSPS) is 11.7. The van der Waals surface area contributed by atoms with Crippen molar-refractivity contribution in [2.75, 3.05) is 6.54 Å². The zero-order valence-electron chi connectivity index (χ0n) is 18.3. The number of rotatable bonds is 11. The van der Waals surface area contributed by atoms with Crippen LogP contribution in [0.4, 0.5) is 0 Å². The number of nitrogens with one attached hydrogen (secondary N) is 2. The predicted molar refractivity (Wildman–Crippen MR) is 132 cm³/mol. The molecular formula is C25H29N5O2S. The van der Waals surface area contributed by atoms with E-state index in [1.807, 2.05) is 78.2 Å². The molecule has 0 spiro atoms. The third-order valence-corrected chi connectivity index (χ3v) is 6.24. The maximum atomic E-state index is 14.1. The van der Waals surface area contributed by atoms with Crippen LogP contribution in [0.5, 0.6) is 0 Å². The predicted octanol–water partition coefficient (Wildman–Crippen LogP) is 3.03. The largest absolute Gasteiger partial charge is 0.370 e. The molecule has 0 bridgehead atoms. The molecule has 7 nitrogen and oxygen atoms in total. The average Bonchev–Trinajstić information content (AvgIpc) is 3.32. The number of guanidine groups is 1. The minimum absolute atomic E-state index is 0.134. The van der Waals surface area contributed by atoms with E-state index in [0.717, 1.165) is 16.0 Å². The van der Waals surface area contributed by atoms with E-state index in [-0.39, 0.29) is 11.9 Å². The lowest BCUT2D eigenvalue weighted by Gasteiger charge is -2.33. The van der Waals surface area contributed by atoms with E-state index in [9.17, 15) is 9.59 Å². The van der Waals surface area contributed by atoms with Crippen molar-refractivity contribution in [2.24, 2.45) is 11.5 Å². The molecule has 3 rings (SSSR count). The van der Waals surface area contributed by atoms with Crippen molar-refractivity contribution >= 4 is 29.1 Å². The van der Waals surface area contributed by atoms with Gasteiger partial charge in [0.15, 0.2) is 5.96 Å². The molecule has 0 aliphatic rings. The molecule has 1 aromatic heterocycles. The fourth-order valence-corrected chi connectivity index (χ4v) is 4.52. The molecule has 0 unspecified atom stereocenters. The van der Waals surface area contributed by atoms with Crippen molar-refractivity contribution in [3.8, 4) is 0 Å². The molecule has 6 N–H and O–H groups in total. The number of thiophene rings is 1. The van der Waals surface area contributed by atoms with Crippen LogP contribution in [0.1, 0.15) is 34.8 Å². The number of nitrogens with two attached hydrogens (primary N) is 2. The van der Waals surface area contributed by atoms with Gasteiger partial charge in [-0.25, -0.2) is 0 Å². The monoisotopic (exact) mass is 463 g/mol. The van der Waals surface area contributed by atoms with Gasteiger partial charge < -0.3 is 21.7 Å². The Labute approximate surface area is 197 Å². The number of hydrogen-bond acceptors (Lipinski definition) is 4. The first kappa shape index (κ1) is 24.0. The SMILES string of the molecule is N=C(N)NCCC[C@H](C(N)=O)N(Cc1cccs1)C(=O)C(c1ccccc1)c1ccccc1. The zero-order chi connectivity index (χ0) is 23.6. The van der Waals surface area contributed by atoms with Gasteiger partial charge in [-0.15, -0.1) is 11.3 Å². The summed E-state index contributed by atoms with van der Waals surface area (Å²) in [5, 5.41) is 12.0. The third kappa shape index (κ3) is 6.66. The van der Waals surface area contributed by atoms with Gasteiger partial charge in [-0.2, -0.15) is 0 Å². The summed E-state index contributed by atoms with van der Waals surface area (Å²) in [5.74, 6) is -1.43. The molecule has 1 heterocycles. The molecule has 0 radical (unpaired) electrons. The van der Waals surface area contributed by atoms with Crippen LogP contribution in [0.15, 0.2) is 78.2 Å². The van der Waals surface area contributed by atoms with Crippen molar-refractivity contribution in [2.45, 2.75) is 31.3 Å². The molecule has 8 heteroatoms. The molecule has 33 heavy (non-hydrogen) atoms. The highest BCUT2D eigenvalue weighted by molar-refractivity contribution is 7.09. The molecule has 2 aromatic carbocycles. The fraction of sp³-hybridized carbons (Fsp3) is 0.240. The van der Waals surface area contributed by atoms with Gasteiger partial charge in [0.2, 0.25) is 11.8 Å². The Morgan fingerprint density at radius 1 is 0.939 bits per heavy atom. The average molecular weight is 464 g/mol. The van der Waals surface area contributed by atoms with Gasteiger partial charge in [-0.05, 0) is 35.4 Å². The lowest BCUT2D eigenvalue weighted by molar-refractivity contribution is -0.140. The van der Waals surface area contributed by atoms with E-state index in [4.69, 9.17) is 16.9 Å². The highest BCUT2D eigenvalue weighted by Crippen LogP contribution is 2.29. The van der Waals surface area contributed by atoms with Gasteiger partial charge in [-0.1, -0.05) is 66.7 Å². The number of carbonyl (C=O) groups is 2. The smallest absolute Gasteiger partial charge is 0.240 e. The van der Waals surface area contributed by atoms with Crippen LogP contribution in [-0.2, 0) is 16.1 Å². The maximum absolute atomic E-state index is 14.1. The van der Waals surface area contributed by atoms with Crippen LogP contribution in [0, 0.1) is 5.41 Å². The molecular weight excluding hydrogens is 434 g/mol. The molecule has 172 valence electrons. The Bertz CT molecular complexity index is 1000. The molecule has 1 atom stereocenters. The summed E-state index contributed by atoms with van der Waals surface area (Å²) in [6.45, 7) is 0.710. The minimum atomic E-state index is -0.789. The summed E-state index contributed by atoms with van der Waals surface area (Å²) in [6, 6.07) is 22.2. The van der Waals surface area contributed by atoms with E-state index in [2.05, 4.69) is 5.32 Å². The Kier molecular flexibility index (Phi) is 8.60. The summed E-state index contributed by atoms with van der Waals surface area (Å²) < 4.78 is 0. The van der Waals surface area contributed by atoms with Crippen molar-refractivity contribution < 1.29 is 9.59 Å². The first-order chi connectivity index (χ1) is 16.0. The fourth-order valence-electron chi connectivity index (χ4n) is 3.82.